The minimum atomic E-state index is 0.0802. The van der Waals surface area contributed by atoms with E-state index in [1.165, 1.54) is 0 Å². The minimum Gasteiger partial charge on any atom is -0.163 e. The van der Waals surface area contributed by atoms with Gasteiger partial charge in [0.1, 0.15) is 3.78 Å². The summed E-state index contributed by atoms with van der Waals surface area (Å²) in [6, 6.07) is 0. The molecule has 0 spiro atoms. The van der Waals surface area contributed by atoms with Crippen LogP contribution in [-0.2, 0) is 0 Å². The highest BCUT2D eigenvalue weighted by Gasteiger charge is 1.80. The molecule has 0 saturated heterocycles. The molecule has 0 bridgehead atoms. The molecule has 0 aromatic heterocycles. The molecule has 38 valence electrons. The molecule has 0 unspecified atom stereocenters. The van der Waals surface area contributed by atoms with E-state index in [1.807, 2.05) is 12.5 Å². The lowest BCUT2D eigenvalue weighted by molar-refractivity contribution is 2.35. The summed E-state index contributed by atoms with van der Waals surface area (Å²) in [5, 5.41) is 0. The van der Waals surface area contributed by atoms with Crippen LogP contribution >= 0.6 is 33.7 Å². The summed E-state index contributed by atoms with van der Waals surface area (Å²) >= 11 is 10.6. The molecule has 0 aliphatic carbocycles. The van der Waals surface area contributed by atoms with Gasteiger partial charge in [0, 0.05) is 0 Å². The van der Waals surface area contributed by atoms with E-state index in [1.54, 1.807) is 0 Å². The van der Waals surface area contributed by atoms with E-state index in [9.17, 15) is 0 Å². The lowest BCUT2D eigenvalue weighted by atomic mass is 11.9. The van der Waals surface area contributed by atoms with Gasteiger partial charge in [0.2, 0.25) is 0 Å². The summed E-state index contributed by atoms with van der Waals surface area (Å²) in [7, 11) is 0.0802. The van der Waals surface area contributed by atoms with Gasteiger partial charge in [-0.15, -0.1) is 0 Å². The Morgan fingerprint density at radius 1 is 1.33 bits per heavy atom. The molecular weight excluding hydrogens is 139 g/mol. The molecule has 0 aliphatic rings. The Labute approximate surface area is 50.4 Å². The summed E-state index contributed by atoms with van der Waals surface area (Å²) in [5.41, 5.74) is 0. The molecule has 0 atom stereocenters. The average molecular weight is 145 g/mol. The molecule has 3 heteroatoms. The third-order valence-electron chi connectivity index (χ3n) is 0.309. The molecule has 0 fully saturated rings. The molecule has 0 aromatic carbocycles. The van der Waals surface area contributed by atoms with Crippen LogP contribution in [0.25, 0.3) is 0 Å². The smallest absolute Gasteiger partial charge is 0.130 e. The normalized spacial score (nSPS) is 9.50. The number of rotatable bonds is 0. The quantitative estimate of drug-likeness (QED) is 0.361. The van der Waals surface area contributed by atoms with E-state index in [2.05, 4.69) is 0 Å². The standard InChI is InChI=1S/C3H6Cl2S/c1-6(2)3(4)5/h1-2H3. The van der Waals surface area contributed by atoms with Crippen LogP contribution in [0.2, 0.25) is 0 Å². The highest BCUT2D eigenvalue weighted by molar-refractivity contribution is 8.18. The van der Waals surface area contributed by atoms with Crippen molar-refractivity contribution in [3.63, 3.8) is 0 Å². The van der Waals surface area contributed by atoms with Crippen molar-refractivity contribution in [3.05, 3.63) is 0 Å². The fourth-order valence-corrected chi connectivity index (χ4v) is 0. The number of hydrogen-bond acceptors (Lipinski definition) is 0. The molecular formula is C3H6Cl2S. The van der Waals surface area contributed by atoms with Crippen LogP contribution in [0.5, 0.6) is 0 Å². The third kappa shape index (κ3) is 3.01. The number of hydrogen-bond donors (Lipinski definition) is 0. The summed E-state index contributed by atoms with van der Waals surface area (Å²) in [6.07, 6.45) is 3.94. The summed E-state index contributed by atoms with van der Waals surface area (Å²) in [6.45, 7) is 0. The molecule has 0 nitrogen and oxygen atoms in total. The second-order valence-corrected chi connectivity index (χ2v) is 4.48. The maximum absolute atomic E-state index is 5.31. The van der Waals surface area contributed by atoms with Crippen molar-refractivity contribution in [3.8, 4) is 0 Å². The van der Waals surface area contributed by atoms with Gasteiger partial charge in [-0.2, -0.15) is 10.5 Å². The first kappa shape index (κ1) is 6.80. The van der Waals surface area contributed by atoms with Crippen LogP contribution < -0.4 is 0 Å². The molecule has 0 aliphatic heterocycles. The molecule has 0 rings (SSSR count). The Hall–Kier alpha value is 0.800. The first-order valence-corrected chi connectivity index (χ1v) is 4.20. The van der Waals surface area contributed by atoms with Gasteiger partial charge >= 0.3 is 0 Å². The highest BCUT2D eigenvalue weighted by Crippen LogP contribution is 2.08. The van der Waals surface area contributed by atoms with Gasteiger partial charge < -0.3 is 0 Å². The van der Waals surface area contributed by atoms with E-state index < -0.39 is 0 Å². The summed E-state index contributed by atoms with van der Waals surface area (Å²) in [4.78, 5) is 0. The van der Waals surface area contributed by atoms with Crippen molar-refractivity contribution in [1.82, 2.24) is 0 Å². The Bertz CT molecular complexity index is 58.9. The Kier molecular flexibility index (Phi) is 3.28. The van der Waals surface area contributed by atoms with E-state index in [4.69, 9.17) is 23.2 Å². The van der Waals surface area contributed by atoms with Crippen molar-refractivity contribution in [2.45, 2.75) is 0 Å². The Morgan fingerprint density at radius 3 is 1.50 bits per heavy atom. The molecule has 0 amide bonds. The predicted octanol–water partition coefficient (Wildman–Crippen LogP) is 2.08. The topological polar surface area (TPSA) is 0 Å². The predicted molar refractivity (Wildman–Crippen MR) is 36.2 cm³/mol. The summed E-state index contributed by atoms with van der Waals surface area (Å²) in [5.74, 6) is 0. The second-order valence-electron chi connectivity index (χ2n) is 1.04. The van der Waals surface area contributed by atoms with Gasteiger partial charge in [-0.05, 0) is 12.5 Å². The Balaban J connectivity index is 3.68. The molecule has 6 heavy (non-hydrogen) atoms. The molecule has 0 N–H and O–H groups in total. The minimum absolute atomic E-state index is 0.0802. The lowest BCUT2D eigenvalue weighted by Gasteiger charge is -1.84. The van der Waals surface area contributed by atoms with E-state index >= 15 is 0 Å². The summed E-state index contributed by atoms with van der Waals surface area (Å²) < 4.78 is 0.481. The van der Waals surface area contributed by atoms with Crippen molar-refractivity contribution in [2.75, 3.05) is 12.5 Å². The van der Waals surface area contributed by atoms with Gasteiger partial charge in [-0.25, -0.2) is 0 Å². The zero-order chi connectivity index (χ0) is 5.15. The fraction of sp³-hybridized carbons (Fsp3) is 0.667. The van der Waals surface area contributed by atoms with Gasteiger partial charge in [0.15, 0.2) is 0 Å². The van der Waals surface area contributed by atoms with Gasteiger partial charge in [0.05, 0.1) is 0 Å². The second kappa shape index (κ2) is 2.89. The van der Waals surface area contributed by atoms with Crippen LogP contribution in [0.15, 0.2) is 0 Å². The van der Waals surface area contributed by atoms with Crippen LogP contribution in [-0.4, -0.2) is 16.3 Å². The van der Waals surface area contributed by atoms with Crippen molar-refractivity contribution >= 4 is 37.5 Å². The maximum Gasteiger partial charge on any atom is 0.130 e. The molecule has 0 aromatic rings. The van der Waals surface area contributed by atoms with Crippen molar-refractivity contribution in [1.29, 1.82) is 0 Å². The lowest BCUT2D eigenvalue weighted by Crippen LogP contribution is -1.66. The maximum atomic E-state index is 5.31. The first-order chi connectivity index (χ1) is 2.64. The molecule has 0 radical (unpaired) electrons. The Morgan fingerprint density at radius 2 is 1.50 bits per heavy atom. The van der Waals surface area contributed by atoms with Gasteiger partial charge in [0.25, 0.3) is 0 Å². The highest BCUT2D eigenvalue weighted by atomic mass is 35.5. The molecule has 0 saturated carbocycles. The van der Waals surface area contributed by atoms with E-state index in [-0.39, 0.29) is 10.5 Å². The monoisotopic (exact) mass is 144 g/mol. The fourth-order valence-electron chi connectivity index (χ4n) is 0. The average Bonchev–Trinajstić information content (AvgIpc) is 1.36. The molecule has 0 heterocycles. The van der Waals surface area contributed by atoms with Gasteiger partial charge in [-0.1, -0.05) is 23.2 Å². The van der Waals surface area contributed by atoms with E-state index in [0.717, 1.165) is 0 Å². The largest absolute Gasteiger partial charge is 0.163 e. The first-order valence-electron chi connectivity index (χ1n) is 1.40. The SMILES string of the molecule is CS(C)=C(Cl)Cl. The van der Waals surface area contributed by atoms with Gasteiger partial charge in [-0.3, -0.25) is 0 Å². The zero-order valence-corrected chi connectivity index (χ0v) is 5.99. The van der Waals surface area contributed by atoms with Crippen molar-refractivity contribution in [2.24, 2.45) is 0 Å². The van der Waals surface area contributed by atoms with E-state index in [0.29, 0.717) is 3.78 Å². The van der Waals surface area contributed by atoms with Crippen LogP contribution in [0, 0.1) is 0 Å². The van der Waals surface area contributed by atoms with Crippen molar-refractivity contribution < 1.29 is 0 Å². The van der Waals surface area contributed by atoms with Crippen LogP contribution in [0.3, 0.4) is 0 Å². The third-order valence-corrected chi connectivity index (χ3v) is 2.78. The van der Waals surface area contributed by atoms with Crippen LogP contribution in [0.4, 0.5) is 0 Å². The zero-order valence-electron chi connectivity index (χ0n) is 3.66. The number of halogens is 2. The van der Waals surface area contributed by atoms with Crippen LogP contribution in [0.1, 0.15) is 0 Å².